The fourth-order valence-electron chi connectivity index (χ4n) is 2.18. The van der Waals surface area contributed by atoms with E-state index in [9.17, 15) is 4.79 Å². The minimum absolute atomic E-state index is 0.318. The fraction of sp³-hybridized carbons (Fsp3) is 0. The van der Waals surface area contributed by atoms with Crippen molar-refractivity contribution in [1.82, 2.24) is 0 Å². The van der Waals surface area contributed by atoms with E-state index in [1.54, 1.807) is 12.1 Å². The number of hydrogen-bond donors (Lipinski definition) is 1. The second-order valence-corrected chi connectivity index (χ2v) is 5.09. The number of hydrogen-bond acceptors (Lipinski definition) is 1. The van der Waals surface area contributed by atoms with Crippen LogP contribution in [-0.2, 0) is 0 Å². The minimum Gasteiger partial charge on any atom is -0.478 e. The number of fused-ring (bicyclic) bond motifs is 3. The summed E-state index contributed by atoms with van der Waals surface area (Å²) in [5.74, 6) is -0.896. The molecule has 3 rings (SSSR count). The Balaban J connectivity index is 2.38. The van der Waals surface area contributed by atoms with Crippen LogP contribution in [0.4, 0.5) is 0 Å². The zero-order chi connectivity index (χ0) is 12.7. The Labute approximate surface area is 112 Å². The third kappa shape index (κ3) is 1.77. The van der Waals surface area contributed by atoms with Crippen molar-refractivity contribution in [2.45, 2.75) is 0 Å². The van der Waals surface area contributed by atoms with Gasteiger partial charge in [0.2, 0.25) is 0 Å². The van der Waals surface area contributed by atoms with Crippen molar-refractivity contribution in [2.24, 2.45) is 0 Å². The van der Waals surface area contributed by atoms with E-state index in [4.69, 9.17) is 5.11 Å². The summed E-state index contributed by atoms with van der Waals surface area (Å²) in [6.07, 6.45) is 0. The molecule has 0 radical (unpaired) electrons. The van der Waals surface area contributed by atoms with Crippen molar-refractivity contribution in [3.05, 3.63) is 58.6 Å². The highest BCUT2D eigenvalue weighted by Gasteiger charge is 2.06. The Hall–Kier alpha value is -1.87. The number of carboxylic acids is 1. The van der Waals surface area contributed by atoms with Gasteiger partial charge < -0.3 is 5.11 Å². The molecule has 0 fully saturated rings. The standard InChI is InChI=1S/C15H9BrO2/c16-12-4-6-14-10(8-12)2-1-9-7-11(15(17)18)3-5-13(9)14/h1-8H,(H,17,18). The first-order chi connectivity index (χ1) is 8.65. The SMILES string of the molecule is O=C(O)c1ccc2c(ccc3cc(Br)ccc32)c1. The van der Waals surface area contributed by atoms with Crippen LogP contribution in [0.25, 0.3) is 21.5 Å². The molecule has 3 aromatic rings. The van der Waals surface area contributed by atoms with Crippen LogP contribution in [0, 0.1) is 0 Å². The van der Waals surface area contributed by atoms with Gasteiger partial charge in [0.15, 0.2) is 0 Å². The molecule has 3 aromatic carbocycles. The fourth-order valence-corrected chi connectivity index (χ4v) is 2.55. The van der Waals surface area contributed by atoms with E-state index >= 15 is 0 Å². The van der Waals surface area contributed by atoms with Crippen LogP contribution < -0.4 is 0 Å². The predicted molar refractivity (Wildman–Crippen MR) is 76.1 cm³/mol. The second-order valence-electron chi connectivity index (χ2n) is 4.17. The molecule has 0 aliphatic heterocycles. The summed E-state index contributed by atoms with van der Waals surface area (Å²) in [4.78, 5) is 10.9. The highest BCUT2D eigenvalue weighted by Crippen LogP contribution is 2.28. The van der Waals surface area contributed by atoms with Gasteiger partial charge in [-0.15, -0.1) is 0 Å². The van der Waals surface area contributed by atoms with Crippen LogP contribution in [0.3, 0.4) is 0 Å². The number of benzene rings is 3. The summed E-state index contributed by atoms with van der Waals surface area (Å²) in [6.45, 7) is 0. The van der Waals surface area contributed by atoms with Crippen LogP contribution in [-0.4, -0.2) is 11.1 Å². The van der Waals surface area contributed by atoms with Crippen LogP contribution in [0.2, 0.25) is 0 Å². The number of halogens is 1. The van der Waals surface area contributed by atoms with Gasteiger partial charge in [-0.2, -0.15) is 0 Å². The molecule has 0 aliphatic rings. The van der Waals surface area contributed by atoms with Gasteiger partial charge in [-0.25, -0.2) is 4.79 Å². The smallest absolute Gasteiger partial charge is 0.335 e. The molecule has 0 heterocycles. The lowest BCUT2D eigenvalue weighted by Gasteiger charge is -2.05. The third-order valence-electron chi connectivity index (χ3n) is 3.04. The maximum Gasteiger partial charge on any atom is 0.335 e. The van der Waals surface area contributed by atoms with E-state index in [0.717, 1.165) is 26.0 Å². The topological polar surface area (TPSA) is 37.3 Å². The van der Waals surface area contributed by atoms with Crippen molar-refractivity contribution >= 4 is 43.4 Å². The van der Waals surface area contributed by atoms with E-state index in [0.29, 0.717) is 5.56 Å². The van der Waals surface area contributed by atoms with E-state index in [1.807, 2.05) is 30.3 Å². The van der Waals surface area contributed by atoms with Crippen molar-refractivity contribution < 1.29 is 9.90 Å². The van der Waals surface area contributed by atoms with Gasteiger partial charge >= 0.3 is 5.97 Å². The van der Waals surface area contributed by atoms with Crippen molar-refractivity contribution in [3.63, 3.8) is 0 Å². The lowest BCUT2D eigenvalue weighted by molar-refractivity contribution is 0.0697. The highest BCUT2D eigenvalue weighted by atomic mass is 79.9. The van der Waals surface area contributed by atoms with E-state index in [1.165, 1.54) is 0 Å². The van der Waals surface area contributed by atoms with Crippen LogP contribution in [0.5, 0.6) is 0 Å². The van der Waals surface area contributed by atoms with Crippen LogP contribution >= 0.6 is 15.9 Å². The van der Waals surface area contributed by atoms with Crippen molar-refractivity contribution in [1.29, 1.82) is 0 Å². The average molecular weight is 301 g/mol. The normalized spacial score (nSPS) is 10.9. The van der Waals surface area contributed by atoms with Crippen molar-refractivity contribution in [3.8, 4) is 0 Å². The van der Waals surface area contributed by atoms with E-state index < -0.39 is 5.97 Å². The van der Waals surface area contributed by atoms with Gasteiger partial charge in [0.1, 0.15) is 0 Å². The van der Waals surface area contributed by atoms with Gasteiger partial charge in [0.25, 0.3) is 0 Å². The Morgan fingerprint density at radius 2 is 1.50 bits per heavy atom. The molecular formula is C15H9BrO2. The molecule has 0 aliphatic carbocycles. The second kappa shape index (κ2) is 4.10. The van der Waals surface area contributed by atoms with Gasteiger partial charge in [-0.1, -0.05) is 40.2 Å². The molecule has 88 valence electrons. The van der Waals surface area contributed by atoms with Gasteiger partial charge in [0.05, 0.1) is 5.56 Å². The van der Waals surface area contributed by atoms with Gasteiger partial charge in [0, 0.05) is 4.47 Å². The maximum absolute atomic E-state index is 10.9. The zero-order valence-corrected chi connectivity index (χ0v) is 10.9. The summed E-state index contributed by atoms with van der Waals surface area (Å²) in [5, 5.41) is 13.3. The molecule has 0 saturated heterocycles. The molecule has 2 nitrogen and oxygen atoms in total. The zero-order valence-electron chi connectivity index (χ0n) is 9.35. The first kappa shape index (κ1) is 11.2. The van der Waals surface area contributed by atoms with Crippen LogP contribution in [0.15, 0.2) is 53.0 Å². The molecule has 3 heteroatoms. The molecule has 0 amide bonds. The first-order valence-electron chi connectivity index (χ1n) is 5.50. The lowest BCUT2D eigenvalue weighted by Crippen LogP contribution is -1.95. The monoisotopic (exact) mass is 300 g/mol. The summed E-state index contributed by atoms with van der Waals surface area (Å²) < 4.78 is 1.04. The Morgan fingerprint density at radius 1 is 0.889 bits per heavy atom. The first-order valence-corrected chi connectivity index (χ1v) is 6.30. The summed E-state index contributed by atoms with van der Waals surface area (Å²) >= 11 is 3.45. The third-order valence-corrected chi connectivity index (χ3v) is 3.54. The van der Waals surface area contributed by atoms with Crippen molar-refractivity contribution in [2.75, 3.05) is 0 Å². The predicted octanol–water partition coefficient (Wildman–Crippen LogP) is 4.45. The maximum atomic E-state index is 10.9. The minimum atomic E-state index is -0.896. The number of carbonyl (C=O) groups is 1. The largest absolute Gasteiger partial charge is 0.478 e. The number of carboxylic acid groups (broad SMARTS) is 1. The number of rotatable bonds is 1. The molecule has 0 saturated carbocycles. The van der Waals surface area contributed by atoms with E-state index in [2.05, 4.69) is 22.0 Å². The summed E-state index contributed by atoms with van der Waals surface area (Å²) in [5.41, 5.74) is 0.318. The molecule has 0 spiro atoms. The Kier molecular flexibility index (Phi) is 2.56. The molecule has 0 atom stereocenters. The molecule has 0 aromatic heterocycles. The Morgan fingerprint density at radius 3 is 2.17 bits per heavy atom. The molecule has 0 unspecified atom stereocenters. The molecule has 0 bridgehead atoms. The van der Waals surface area contributed by atoms with E-state index in [-0.39, 0.29) is 0 Å². The average Bonchev–Trinajstić information content (AvgIpc) is 2.37. The molecular weight excluding hydrogens is 292 g/mol. The Bertz CT molecular complexity index is 778. The molecule has 1 N–H and O–H groups in total. The number of aromatic carboxylic acids is 1. The summed E-state index contributed by atoms with van der Waals surface area (Å²) in [7, 11) is 0. The highest BCUT2D eigenvalue weighted by molar-refractivity contribution is 9.10. The summed E-state index contributed by atoms with van der Waals surface area (Å²) in [6, 6.07) is 15.3. The lowest BCUT2D eigenvalue weighted by atomic mass is 10.0. The van der Waals surface area contributed by atoms with Crippen LogP contribution in [0.1, 0.15) is 10.4 Å². The van der Waals surface area contributed by atoms with Gasteiger partial charge in [-0.05, 0) is 45.8 Å². The molecule has 18 heavy (non-hydrogen) atoms. The quantitative estimate of drug-likeness (QED) is 0.674. The van der Waals surface area contributed by atoms with Gasteiger partial charge in [-0.3, -0.25) is 0 Å².